The van der Waals surface area contributed by atoms with Crippen LogP contribution in [-0.4, -0.2) is 76.4 Å². The Kier molecular flexibility index (Phi) is 10.8. The van der Waals surface area contributed by atoms with E-state index in [1.54, 1.807) is 24.2 Å². The van der Waals surface area contributed by atoms with E-state index in [1.807, 2.05) is 24.5 Å². The molecule has 7 atom stereocenters. The highest BCUT2D eigenvalue weighted by Crippen LogP contribution is 2.54. The van der Waals surface area contributed by atoms with Crippen LogP contribution in [0.25, 0.3) is 28.0 Å². The first kappa shape index (κ1) is 37.3. The van der Waals surface area contributed by atoms with Crippen LogP contribution in [0.2, 0.25) is 0 Å². The molecule has 3 fully saturated rings. The summed E-state index contributed by atoms with van der Waals surface area (Å²) in [6.07, 6.45) is 11.9. The summed E-state index contributed by atoms with van der Waals surface area (Å²) in [7, 11) is 2.78. The fourth-order valence-electron chi connectivity index (χ4n) is 9.35. The number of pyridine rings is 1. The number of aromatic amines is 1. The minimum atomic E-state index is -0.881. The van der Waals surface area contributed by atoms with Gasteiger partial charge in [0, 0.05) is 62.8 Å². The lowest BCUT2D eigenvalue weighted by Crippen LogP contribution is -2.54. The Labute approximate surface area is 327 Å². The van der Waals surface area contributed by atoms with Crippen LogP contribution in [0.1, 0.15) is 68.4 Å². The fourth-order valence-corrected chi connectivity index (χ4v) is 9.35. The van der Waals surface area contributed by atoms with Crippen molar-refractivity contribution in [3.63, 3.8) is 0 Å². The molecule has 0 spiro atoms. The second-order valence-electron chi connectivity index (χ2n) is 15.5. The molecule has 2 aromatic carbocycles. The van der Waals surface area contributed by atoms with Crippen LogP contribution in [0, 0.1) is 23.7 Å². The summed E-state index contributed by atoms with van der Waals surface area (Å²) in [5.74, 6) is 1.79. The summed E-state index contributed by atoms with van der Waals surface area (Å²) in [5.41, 5.74) is 8.64. The molecule has 3 unspecified atom stereocenters. The van der Waals surface area contributed by atoms with E-state index in [1.165, 1.54) is 26.2 Å². The molecule has 4 aliphatic rings. The maximum Gasteiger partial charge on any atom is 0.407 e. The molecule has 2 bridgehead atoms. The molecular weight excluding hydrogens is 707 g/mol. The number of aromatic nitrogens is 3. The normalized spacial score (nSPS) is 23.7. The molecular formula is C44H49N7O5. The Balaban J connectivity index is 0.889. The quantitative estimate of drug-likeness (QED) is 0.145. The van der Waals surface area contributed by atoms with Gasteiger partial charge in [-0.05, 0) is 96.4 Å². The summed E-state index contributed by atoms with van der Waals surface area (Å²) < 4.78 is 10.2. The van der Waals surface area contributed by atoms with Crippen molar-refractivity contribution in [1.29, 1.82) is 0 Å². The van der Waals surface area contributed by atoms with Crippen molar-refractivity contribution in [3.8, 4) is 22.4 Å². The number of amides is 3. The predicted molar refractivity (Wildman–Crippen MR) is 213 cm³/mol. The molecule has 56 heavy (non-hydrogen) atoms. The number of likely N-dealkylation sites (tertiary alicyclic amines) is 1. The zero-order chi connectivity index (χ0) is 38.8. The van der Waals surface area contributed by atoms with E-state index in [-0.39, 0.29) is 29.7 Å². The minimum Gasteiger partial charge on any atom is -0.453 e. The van der Waals surface area contributed by atoms with E-state index in [9.17, 15) is 14.4 Å². The van der Waals surface area contributed by atoms with Crippen molar-refractivity contribution in [1.82, 2.24) is 30.5 Å². The van der Waals surface area contributed by atoms with Gasteiger partial charge < -0.3 is 30.0 Å². The molecule has 0 radical (unpaired) electrons. The molecule has 2 saturated carbocycles. The Morgan fingerprint density at radius 1 is 0.911 bits per heavy atom. The van der Waals surface area contributed by atoms with Crippen LogP contribution >= 0.6 is 0 Å². The fraction of sp³-hybridized carbons (Fsp3) is 0.409. The number of H-pyrrole nitrogens is 1. The standard InChI is InChI=1S/C44H49N7O5/c1-26(55-2)40(50-44(54)56-3)43(53)51-20-4-5-37(51)41-47-25-36(49-41)31-12-10-29(11-13-31)28-6-8-30(9-7-28)34-22-35(46-24-34)38-32-14-15-33(21-32)39(38)42(52)48-23-27-16-18-45-19-17-27/h6-13,16-19,24-26,32-33,37-40H,4-5,14-15,20-23H2,1-3H3,(H,47,49)(H,48,52)(H,50,54)/t26-,32?,33?,37+,38?,39-,40+/m1/s1. The first-order valence-electron chi connectivity index (χ1n) is 19.7. The lowest BCUT2D eigenvalue weighted by Gasteiger charge is -2.30. The molecule has 2 aromatic heterocycles. The first-order valence-corrected chi connectivity index (χ1v) is 19.7. The van der Waals surface area contributed by atoms with Gasteiger partial charge in [-0.1, -0.05) is 48.5 Å². The molecule has 2 aliphatic heterocycles. The smallest absolute Gasteiger partial charge is 0.407 e. The molecule has 3 amide bonds. The number of imidazole rings is 1. The average Bonchev–Trinajstić information content (AvgIpc) is 4.10. The summed E-state index contributed by atoms with van der Waals surface area (Å²) in [6.45, 7) is 2.83. The molecule has 3 N–H and O–H groups in total. The van der Waals surface area contributed by atoms with Crippen LogP contribution in [-0.2, 0) is 25.6 Å². The number of allylic oxidation sites excluding steroid dienone is 1. The lowest BCUT2D eigenvalue weighted by molar-refractivity contribution is -0.137. The maximum atomic E-state index is 13.6. The van der Waals surface area contributed by atoms with Gasteiger partial charge in [-0.15, -0.1) is 0 Å². The highest BCUT2D eigenvalue weighted by Gasteiger charge is 2.52. The lowest BCUT2D eigenvalue weighted by atomic mass is 9.75. The Hall–Kier alpha value is -5.62. The van der Waals surface area contributed by atoms with Crippen molar-refractivity contribution < 1.29 is 23.9 Å². The van der Waals surface area contributed by atoms with Gasteiger partial charge in [-0.3, -0.25) is 19.6 Å². The maximum absolute atomic E-state index is 13.6. The van der Waals surface area contributed by atoms with E-state index in [4.69, 9.17) is 14.5 Å². The SMILES string of the molecule is COC(=O)N[C@H](C(=O)N1CCC[C@H]1c1ncc(-c2ccc(-c3ccc(C4=CN=C(C5C6CCC(C6)[C@H]5C(=O)NCc5ccncc5)C4)cc3)cc2)[nH]1)[C@@H](C)OC. The second-order valence-corrected chi connectivity index (χ2v) is 15.5. The van der Waals surface area contributed by atoms with Crippen molar-refractivity contribution >= 4 is 29.2 Å². The zero-order valence-electron chi connectivity index (χ0n) is 32.1. The summed E-state index contributed by atoms with van der Waals surface area (Å²) in [5, 5.41) is 5.85. The summed E-state index contributed by atoms with van der Waals surface area (Å²) >= 11 is 0. The van der Waals surface area contributed by atoms with Crippen LogP contribution in [0.4, 0.5) is 4.79 Å². The largest absolute Gasteiger partial charge is 0.453 e. The number of fused-ring (bicyclic) bond motifs is 2. The van der Waals surface area contributed by atoms with Gasteiger partial charge >= 0.3 is 6.09 Å². The number of hydrogen-bond acceptors (Lipinski definition) is 8. The summed E-state index contributed by atoms with van der Waals surface area (Å²) in [4.78, 5) is 58.1. The molecule has 290 valence electrons. The van der Waals surface area contributed by atoms with Gasteiger partial charge in [0.25, 0.3) is 0 Å². The van der Waals surface area contributed by atoms with Gasteiger partial charge in [-0.2, -0.15) is 0 Å². The number of methoxy groups -OCH3 is 2. The number of rotatable bonds is 12. The number of carbonyl (C=O) groups is 3. The molecule has 4 heterocycles. The molecule has 8 rings (SSSR count). The van der Waals surface area contributed by atoms with E-state index >= 15 is 0 Å². The van der Waals surface area contributed by atoms with Gasteiger partial charge in [0.15, 0.2) is 0 Å². The predicted octanol–water partition coefficient (Wildman–Crippen LogP) is 6.73. The van der Waals surface area contributed by atoms with Gasteiger partial charge in [-0.25, -0.2) is 9.78 Å². The Bertz CT molecular complexity index is 2110. The monoisotopic (exact) mass is 755 g/mol. The number of nitrogens with one attached hydrogen (secondary N) is 3. The topological polar surface area (TPSA) is 151 Å². The zero-order valence-corrected chi connectivity index (χ0v) is 32.1. The third kappa shape index (κ3) is 7.49. The Morgan fingerprint density at radius 3 is 2.32 bits per heavy atom. The Morgan fingerprint density at radius 2 is 1.61 bits per heavy atom. The van der Waals surface area contributed by atoms with E-state index in [0.29, 0.717) is 30.7 Å². The number of ether oxygens (including phenoxy) is 2. The number of nitrogens with zero attached hydrogens (tertiary/aromatic N) is 4. The molecule has 12 nitrogen and oxygen atoms in total. The van der Waals surface area contributed by atoms with Crippen LogP contribution in [0.15, 0.2) is 90.4 Å². The summed E-state index contributed by atoms with van der Waals surface area (Å²) in [6, 6.07) is 19.8. The average molecular weight is 756 g/mol. The van der Waals surface area contributed by atoms with E-state index in [2.05, 4.69) is 74.1 Å². The van der Waals surface area contributed by atoms with Crippen LogP contribution < -0.4 is 10.6 Å². The molecule has 4 aromatic rings. The van der Waals surface area contributed by atoms with E-state index < -0.39 is 18.2 Å². The van der Waals surface area contributed by atoms with Crippen molar-refractivity contribution in [2.45, 2.75) is 70.2 Å². The number of aliphatic imine (C=N–C) groups is 1. The number of alkyl carbamates (subject to hydrolysis) is 1. The van der Waals surface area contributed by atoms with Crippen molar-refractivity contribution in [3.05, 3.63) is 102 Å². The van der Waals surface area contributed by atoms with Crippen molar-refractivity contribution in [2.75, 3.05) is 20.8 Å². The van der Waals surface area contributed by atoms with Gasteiger partial charge in [0.05, 0.1) is 31.1 Å². The van der Waals surface area contributed by atoms with Crippen LogP contribution in [0.5, 0.6) is 0 Å². The number of benzene rings is 2. The van der Waals surface area contributed by atoms with Crippen LogP contribution in [0.3, 0.4) is 0 Å². The minimum absolute atomic E-state index is 0.0120. The number of hydrogen-bond donors (Lipinski definition) is 3. The third-order valence-corrected chi connectivity index (χ3v) is 12.4. The second kappa shape index (κ2) is 16.2. The van der Waals surface area contributed by atoms with E-state index in [0.717, 1.165) is 71.3 Å². The third-order valence-electron chi connectivity index (χ3n) is 12.4. The molecule has 1 saturated heterocycles. The van der Waals surface area contributed by atoms with Gasteiger partial charge in [0.1, 0.15) is 11.9 Å². The number of carbonyl (C=O) groups excluding carboxylic acids is 3. The van der Waals surface area contributed by atoms with Gasteiger partial charge in [0.2, 0.25) is 11.8 Å². The molecule has 12 heteroatoms. The highest BCUT2D eigenvalue weighted by molar-refractivity contribution is 6.02. The van der Waals surface area contributed by atoms with Crippen molar-refractivity contribution in [2.24, 2.45) is 28.7 Å². The highest BCUT2D eigenvalue weighted by atomic mass is 16.5. The first-order chi connectivity index (χ1) is 27.3. The molecule has 2 aliphatic carbocycles.